The van der Waals surface area contributed by atoms with Gasteiger partial charge >= 0.3 is 0 Å². The van der Waals surface area contributed by atoms with Crippen LogP contribution in [-0.4, -0.2) is 41.9 Å². The number of anilines is 1. The molecular weight excluding hydrogens is 458 g/mol. The molecule has 1 saturated heterocycles. The van der Waals surface area contributed by atoms with Crippen molar-refractivity contribution in [3.8, 4) is 0 Å². The number of hydrogen-bond acceptors (Lipinski definition) is 6. The molecule has 0 unspecified atom stereocenters. The van der Waals surface area contributed by atoms with E-state index < -0.39 is 32.5 Å². The van der Waals surface area contributed by atoms with E-state index in [1.807, 2.05) is 19.1 Å². The van der Waals surface area contributed by atoms with Gasteiger partial charge in [0.15, 0.2) is 0 Å². The number of aryl methyl sites for hydroxylation is 1. The number of benzene rings is 2. The molecule has 1 amide bonds. The fraction of sp³-hybridized carbons (Fsp3) is 0.286. The van der Waals surface area contributed by atoms with Gasteiger partial charge in [-0.1, -0.05) is 29.0 Å². The first-order valence-electron chi connectivity index (χ1n) is 9.90. The Hall–Kier alpha value is -2.76. The molecule has 7 nitrogen and oxygen atoms in total. The van der Waals surface area contributed by atoms with E-state index in [2.05, 4.69) is 15.5 Å². The molecule has 1 aliphatic heterocycles. The van der Waals surface area contributed by atoms with Crippen LogP contribution in [-0.2, 0) is 10.0 Å². The number of piperidine rings is 1. The van der Waals surface area contributed by atoms with E-state index in [0.717, 1.165) is 29.0 Å². The summed E-state index contributed by atoms with van der Waals surface area (Å²) < 4.78 is 54.3. The number of rotatable bonds is 5. The second kappa shape index (κ2) is 9.00. The molecule has 0 aliphatic carbocycles. The second-order valence-corrected chi connectivity index (χ2v) is 10.5. The average Bonchev–Trinajstić information content (AvgIpc) is 3.26. The van der Waals surface area contributed by atoms with Crippen LogP contribution in [0, 0.1) is 18.6 Å². The smallest absolute Gasteiger partial charge is 0.286 e. The van der Waals surface area contributed by atoms with Gasteiger partial charge in [-0.2, -0.15) is 4.31 Å². The van der Waals surface area contributed by atoms with Crippen molar-refractivity contribution in [3.63, 3.8) is 0 Å². The molecule has 0 bridgehead atoms. The summed E-state index contributed by atoms with van der Waals surface area (Å²) in [5, 5.41) is 11.5. The van der Waals surface area contributed by atoms with Crippen molar-refractivity contribution in [2.24, 2.45) is 0 Å². The number of amides is 1. The van der Waals surface area contributed by atoms with Gasteiger partial charge in [-0.25, -0.2) is 17.2 Å². The fourth-order valence-electron chi connectivity index (χ4n) is 3.50. The van der Waals surface area contributed by atoms with Gasteiger partial charge in [-0.15, -0.1) is 10.2 Å². The molecule has 32 heavy (non-hydrogen) atoms. The van der Waals surface area contributed by atoms with Crippen molar-refractivity contribution < 1.29 is 22.0 Å². The number of aromatic nitrogens is 2. The predicted molar refractivity (Wildman–Crippen MR) is 116 cm³/mol. The maximum absolute atomic E-state index is 14.1. The van der Waals surface area contributed by atoms with Crippen LogP contribution >= 0.6 is 11.3 Å². The molecule has 0 radical (unpaired) electrons. The monoisotopic (exact) mass is 478 g/mol. The van der Waals surface area contributed by atoms with E-state index >= 15 is 0 Å². The lowest BCUT2D eigenvalue weighted by Gasteiger charge is -2.30. The number of carbonyl (C=O) groups excluding carboxylic acids is 1. The first-order chi connectivity index (χ1) is 15.2. The zero-order valence-corrected chi connectivity index (χ0v) is 18.7. The number of nitrogens with one attached hydrogen (secondary N) is 1. The van der Waals surface area contributed by atoms with E-state index in [4.69, 9.17) is 0 Å². The highest BCUT2D eigenvalue weighted by atomic mass is 32.2. The molecule has 3 aromatic rings. The summed E-state index contributed by atoms with van der Waals surface area (Å²) >= 11 is 1.10. The number of halogens is 2. The van der Waals surface area contributed by atoms with E-state index in [1.54, 1.807) is 12.1 Å². The van der Waals surface area contributed by atoms with Crippen LogP contribution in [0.4, 0.5) is 14.5 Å². The highest BCUT2D eigenvalue weighted by Gasteiger charge is 2.34. The Morgan fingerprint density at radius 1 is 1.16 bits per heavy atom. The lowest BCUT2D eigenvalue weighted by molar-refractivity contribution is 0.102. The lowest BCUT2D eigenvalue weighted by Crippen LogP contribution is -2.39. The van der Waals surface area contributed by atoms with Gasteiger partial charge in [-0.05, 0) is 44.0 Å². The van der Waals surface area contributed by atoms with Crippen LogP contribution in [0.1, 0.15) is 39.1 Å². The Kier molecular flexibility index (Phi) is 6.31. The third-order valence-corrected chi connectivity index (χ3v) is 8.17. The number of hydrogen-bond donors (Lipinski definition) is 1. The zero-order valence-electron chi connectivity index (χ0n) is 17.1. The first kappa shape index (κ1) is 22.4. The average molecular weight is 479 g/mol. The Morgan fingerprint density at radius 3 is 2.62 bits per heavy atom. The van der Waals surface area contributed by atoms with E-state index in [-0.39, 0.29) is 24.0 Å². The molecule has 4 rings (SSSR count). The third kappa shape index (κ3) is 4.69. The molecule has 11 heteroatoms. The standard InChI is InChI=1S/C21H20F2N4O3S2/c1-13-4-7-16(8-5-13)24-19(28)21-26-25-20(31-21)14-3-2-10-27(12-14)32(29,30)18-9-6-15(22)11-17(18)23/h4-9,11,14H,2-3,10,12H2,1H3,(H,24,28)/t14-/m0/s1. The molecule has 0 saturated carbocycles. The van der Waals surface area contributed by atoms with Crippen molar-refractivity contribution in [3.05, 3.63) is 69.7 Å². The Labute approximate surface area is 188 Å². The summed E-state index contributed by atoms with van der Waals surface area (Å²) in [6.07, 6.45) is 1.20. The second-order valence-electron chi connectivity index (χ2n) is 7.54. The number of nitrogens with zero attached hydrogens (tertiary/aromatic N) is 3. The van der Waals surface area contributed by atoms with E-state index in [9.17, 15) is 22.0 Å². The van der Waals surface area contributed by atoms with Gasteiger partial charge in [0.25, 0.3) is 5.91 Å². The first-order valence-corrected chi connectivity index (χ1v) is 12.2. The summed E-state index contributed by atoms with van der Waals surface area (Å²) in [6.45, 7) is 2.24. The highest BCUT2D eigenvalue weighted by Crippen LogP contribution is 2.32. The fourth-order valence-corrected chi connectivity index (χ4v) is 5.93. The minimum atomic E-state index is -4.14. The molecule has 168 valence electrons. The van der Waals surface area contributed by atoms with Crippen LogP contribution in [0.2, 0.25) is 0 Å². The van der Waals surface area contributed by atoms with E-state index in [0.29, 0.717) is 29.6 Å². The van der Waals surface area contributed by atoms with Crippen molar-refractivity contribution in [1.29, 1.82) is 0 Å². The van der Waals surface area contributed by atoms with Gasteiger partial charge < -0.3 is 5.32 Å². The Bertz CT molecular complexity index is 1250. The van der Waals surface area contributed by atoms with Gasteiger partial charge in [0, 0.05) is 30.8 Å². The Morgan fingerprint density at radius 2 is 1.91 bits per heavy atom. The quantitative estimate of drug-likeness (QED) is 0.600. The van der Waals surface area contributed by atoms with Gasteiger partial charge in [0.05, 0.1) is 0 Å². The molecule has 1 fully saturated rings. The SMILES string of the molecule is Cc1ccc(NC(=O)c2nnc([C@H]3CCCN(S(=O)(=O)c4ccc(F)cc4F)C3)s2)cc1. The largest absolute Gasteiger partial charge is 0.320 e. The summed E-state index contributed by atoms with van der Waals surface area (Å²) in [4.78, 5) is 11.9. The van der Waals surface area contributed by atoms with Gasteiger partial charge in [0.1, 0.15) is 21.5 Å². The summed E-state index contributed by atoms with van der Waals surface area (Å²) in [5.74, 6) is -2.65. The molecule has 2 aromatic carbocycles. The minimum absolute atomic E-state index is 0.0768. The van der Waals surface area contributed by atoms with Crippen LogP contribution in [0.25, 0.3) is 0 Å². The van der Waals surface area contributed by atoms with Gasteiger partial charge in [-0.3, -0.25) is 4.79 Å². The Balaban J connectivity index is 1.48. The molecule has 1 aromatic heterocycles. The topological polar surface area (TPSA) is 92.3 Å². The number of carbonyl (C=O) groups is 1. The summed E-state index contributed by atoms with van der Waals surface area (Å²) in [6, 6.07) is 9.73. The van der Waals surface area contributed by atoms with Gasteiger partial charge in [0.2, 0.25) is 15.0 Å². The minimum Gasteiger partial charge on any atom is -0.320 e. The number of sulfonamides is 1. The van der Waals surface area contributed by atoms with Crippen LogP contribution < -0.4 is 5.32 Å². The third-order valence-electron chi connectivity index (χ3n) is 5.19. The summed E-state index contributed by atoms with van der Waals surface area (Å²) in [5.41, 5.74) is 1.70. The van der Waals surface area contributed by atoms with Crippen LogP contribution in [0.5, 0.6) is 0 Å². The van der Waals surface area contributed by atoms with Crippen molar-refractivity contribution in [2.75, 3.05) is 18.4 Å². The molecule has 1 N–H and O–H groups in total. The molecule has 0 spiro atoms. The zero-order chi connectivity index (χ0) is 22.9. The highest BCUT2D eigenvalue weighted by molar-refractivity contribution is 7.89. The lowest BCUT2D eigenvalue weighted by atomic mass is 10.0. The molecule has 2 heterocycles. The molecule has 1 aliphatic rings. The van der Waals surface area contributed by atoms with Crippen LogP contribution in [0.3, 0.4) is 0 Å². The maximum Gasteiger partial charge on any atom is 0.286 e. The molecule has 1 atom stereocenters. The summed E-state index contributed by atoms with van der Waals surface area (Å²) in [7, 11) is -4.14. The normalized spacial score (nSPS) is 17.3. The molecular formula is C21H20F2N4O3S2. The maximum atomic E-state index is 14.1. The van der Waals surface area contributed by atoms with E-state index in [1.165, 1.54) is 4.31 Å². The van der Waals surface area contributed by atoms with Crippen molar-refractivity contribution >= 4 is 33.0 Å². The predicted octanol–water partition coefficient (Wildman–Crippen LogP) is 3.95. The van der Waals surface area contributed by atoms with Crippen LogP contribution in [0.15, 0.2) is 47.4 Å². The van der Waals surface area contributed by atoms with Crippen molar-refractivity contribution in [2.45, 2.75) is 30.6 Å². The van der Waals surface area contributed by atoms with Crippen molar-refractivity contribution in [1.82, 2.24) is 14.5 Å².